The summed E-state index contributed by atoms with van der Waals surface area (Å²) in [5, 5.41) is 27.0. The van der Waals surface area contributed by atoms with Gasteiger partial charge in [-0.2, -0.15) is 0 Å². The van der Waals surface area contributed by atoms with E-state index >= 15 is 0 Å². The van der Waals surface area contributed by atoms with E-state index in [4.69, 9.17) is 20.1 Å². The van der Waals surface area contributed by atoms with E-state index in [1.54, 1.807) is 0 Å². The lowest BCUT2D eigenvalue weighted by Gasteiger charge is -2.07. The zero-order valence-electron chi connectivity index (χ0n) is 7.27. The number of aromatic hydroxyl groups is 2. The molecule has 0 aromatic heterocycles. The summed E-state index contributed by atoms with van der Waals surface area (Å²) in [6.07, 6.45) is -0.857. The molecule has 13 heavy (non-hydrogen) atoms. The summed E-state index contributed by atoms with van der Waals surface area (Å²) in [6, 6.07) is 4.15. The first-order valence-corrected chi connectivity index (χ1v) is 3.89. The summed E-state index contributed by atoms with van der Waals surface area (Å²) in [6.45, 7) is 1.64. The molecule has 0 fully saturated rings. The highest BCUT2D eigenvalue weighted by Gasteiger charge is 2.01. The Balaban J connectivity index is 2.66. The van der Waals surface area contributed by atoms with Crippen LogP contribution in [0.4, 0.5) is 0 Å². The molecule has 72 valence electrons. The number of hydrogen-bond donors (Lipinski definition) is 3. The van der Waals surface area contributed by atoms with E-state index in [0.29, 0.717) is 5.56 Å². The lowest BCUT2D eigenvalue weighted by atomic mass is 10.2. The molecule has 4 nitrogen and oxygen atoms in total. The van der Waals surface area contributed by atoms with Gasteiger partial charge in [0.1, 0.15) is 11.5 Å². The first kappa shape index (κ1) is 9.83. The molecular formula is C9H12O4. The number of aliphatic hydroxyl groups is 1. The van der Waals surface area contributed by atoms with Crippen LogP contribution in [-0.2, 0) is 11.3 Å². The van der Waals surface area contributed by atoms with E-state index in [1.807, 2.05) is 0 Å². The number of phenolic OH excluding ortho intramolecular Hbond substituents is 2. The number of phenols is 2. The Hall–Kier alpha value is -1.26. The monoisotopic (exact) mass is 184 g/mol. The standard InChI is InChI=1S/C9H12O4/c1-6(10)13-5-7-2-8(11)4-9(12)3-7/h2-4,6,10-12H,5H2,1H3. The van der Waals surface area contributed by atoms with E-state index in [-0.39, 0.29) is 18.1 Å². The maximum atomic E-state index is 9.08. The summed E-state index contributed by atoms with van der Waals surface area (Å²) in [4.78, 5) is 0. The largest absolute Gasteiger partial charge is 0.508 e. The number of rotatable bonds is 3. The highest BCUT2D eigenvalue weighted by molar-refractivity contribution is 5.36. The van der Waals surface area contributed by atoms with Gasteiger partial charge in [0.05, 0.1) is 6.61 Å². The maximum absolute atomic E-state index is 9.08. The van der Waals surface area contributed by atoms with E-state index in [9.17, 15) is 0 Å². The van der Waals surface area contributed by atoms with Crippen molar-refractivity contribution in [3.63, 3.8) is 0 Å². The van der Waals surface area contributed by atoms with Crippen LogP contribution in [0.1, 0.15) is 12.5 Å². The second-order valence-electron chi connectivity index (χ2n) is 2.77. The Morgan fingerprint density at radius 3 is 2.23 bits per heavy atom. The molecule has 4 heteroatoms. The first-order valence-electron chi connectivity index (χ1n) is 3.89. The van der Waals surface area contributed by atoms with E-state index in [2.05, 4.69) is 0 Å². The van der Waals surface area contributed by atoms with Gasteiger partial charge in [0.25, 0.3) is 0 Å². The molecule has 0 saturated heterocycles. The fourth-order valence-electron chi connectivity index (χ4n) is 0.957. The van der Waals surface area contributed by atoms with Crippen LogP contribution >= 0.6 is 0 Å². The first-order chi connectivity index (χ1) is 6.08. The molecule has 1 aromatic carbocycles. The minimum atomic E-state index is -0.857. The van der Waals surface area contributed by atoms with Gasteiger partial charge in [-0.15, -0.1) is 0 Å². The molecule has 0 saturated carbocycles. The number of ether oxygens (including phenoxy) is 1. The van der Waals surface area contributed by atoms with Crippen LogP contribution in [-0.4, -0.2) is 21.6 Å². The molecule has 0 amide bonds. The SMILES string of the molecule is CC(O)OCc1cc(O)cc(O)c1. The van der Waals surface area contributed by atoms with Gasteiger partial charge in [0.2, 0.25) is 0 Å². The molecule has 0 bridgehead atoms. The van der Waals surface area contributed by atoms with Crippen molar-refractivity contribution in [2.75, 3.05) is 0 Å². The van der Waals surface area contributed by atoms with Crippen molar-refractivity contribution in [3.05, 3.63) is 23.8 Å². The Bertz CT molecular complexity index is 263. The quantitative estimate of drug-likeness (QED) is 0.612. The van der Waals surface area contributed by atoms with Crippen molar-refractivity contribution < 1.29 is 20.1 Å². The fourth-order valence-corrected chi connectivity index (χ4v) is 0.957. The molecule has 0 radical (unpaired) electrons. The zero-order valence-corrected chi connectivity index (χ0v) is 7.27. The minimum Gasteiger partial charge on any atom is -0.508 e. The summed E-state index contributed by atoms with van der Waals surface area (Å²) in [5.74, 6) is -0.0478. The van der Waals surface area contributed by atoms with Gasteiger partial charge in [0, 0.05) is 6.07 Å². The lowest BCUT2D eigenvalue weighted by Crippen LogP contribution is -2.05. The van der Waals surface area contributed by atoms with Gasteiger partial charge in [-0.1, -0.05) is 0 Å². The molecule has 3 N–H and O–H groups in total. The number of benzene rings is 1. The van der Waals surface area contributed by atoms with Crippen LogP contribution in [0.5, 0.6) is 11.5 Å². The van der Waals surface area contributed by atoms with E-state index < -0.39 is 6.29 Å². The van der Waals surface area contributed by atoms with Crippen molar-refractivity contribution >= 4 is 0 Å². The Labute approximate surface area is 76.0 Å². The Morgan fingerprint density at radius 1 is 1.23 bits per heavy atom. The predicted octanol–water partition coefficient (Wildman–Crippen LogP) is 0.953. The molecule has 1 aromatic rings. The molecule has 0 aliphatic carbocycles. The smallest absolute Gasteiger partial charge is 0.152 e. The third kappa shape index (κ3) is 3.31. The third-order valence-electron chi connectivity index (χ3n) is 1.45. The van der Waals surface area contributed by atoms with Gasteiger partial charge in [-0.25, -0.2) is 0 Å². The van der Waals surface area contributed by atoms with Gasteiger partial charge in [0.15, 0.2) is 6.29 Å². The molecular weight excluding hydrogens is 172 g/mol. The normalized spacial score (nSPS) is 12.8. The van der Waals surface area contributed by atoms with Crippen LogP contribution in [0.15, 0.2) is 18.2 Å². The average molecular weight is 184 g/mol. The van der Waals surface area contributed by atoms with Gasteiger partial charge in [-0.3, -0.25) is 0 Å². The summed E-state index contributed by atoms with van der Waals surface area (Å²) in [5.41, 5.74) is 0.610. The van der Waals surface area contributed by atoms with Crippen molar-refractivity contribution in [3.8, 4) is 11.5 Å². The average Bonchev–Trinajstić information content (AvgIpc) is 1.99. The van der Waals surface area contributed by atoms with E-state index in [0.717, 1.165) is 0 Å². The van der Waals surface area contributed by atoms with Crippen molar-refractivity contribution in [2.45, 2.75) is 19.8 Å². The molecule has 1 unspecified atom stereocenters. The molecule has 1 rings (SSSR count). The number of aliphatic hydroxyl groups excluding tert-OH is 1. The molecule has 0 spiro atoms. The van der Waals surface area contributed by atoms with Crippen molar-refractivity contribution in [1.82, 2.24) is 0 Å². The maximum Gasteiger partial charge on any atom is 0.152 e. The summed E-state index contributed by atoms with van der Waals surface area (Å²) in [7, 11) is 0. The second-order valence-corrected chi connectivity index (χ2v) is 2.77. The van der Waals surface area contributed by atoms with Crippen LogP contribution in [0, 0.1) is 0 Å². The van der Waals surface area contributed by atoms with Gasteiger partial charge < -0.3 is 20.1 Å². The lowest BCUT2D eigenvalue weighted by molar-refractivity contribution is -0.0940. The van der Waals surface area contributed by atoms with Crippen LogP contribution < -0.4 is 0 Å². The molecule has 0 aliphatic heterocycles. The topological polar surface area (TPSA) is 69.9 Å². The predicted molar refractivity (Wildman–Crippen MR) is 46.2 cm³/mol. The summed E-state index contributed by atoms with van der Waals surface area (Å²) < 4.78 is 4.87. The van der Waals surface area contributed by atoms with Gasteiger partial charge in [-0.05, 0) is 24.6 Å². The molecule has 0 heterocycles. The van der Waals surface area contributed by atoms with Gasteiger partial charge >= 0.3 is 0 Å². The van der Waals surface area contributed by atoms with Crippen LogP contribution in [0.25, 0.3) is 0 Å². The molecule has 0 aliphatic rings. The Morgan fingerprint density at radius 2 is 1.77 bits per heavy atom. The zero-order chi connectivity index (χ0) is 9.84. The third-order valence-corrected chi connectivity index (χ3v) is 1.45. The summed E-state index contributed by atoms with van der Waals surface area (Å²) >= 11 is 0. The van der Waals surface area contributed by atoms with Crippen molar-refractivity contribution in [1.29, 1.82) is 0 Å². The van der Waals surface area contributed by atoms with Crippen LogP contribution in [0.2, 0.25) is 0 Å². The van der Waals surface area contributed by atoms with Crippen molar-refractivity contribution in [2.24, 2.45) is 0 Å². The Kier molecular flexibility index (Phi) is 3.11. The fraction of sp³-hybridized carbons (Fsp3) is 0.333. The van der Waals surface area contributed by atoms with Crippen LogP contribution in [0.3, 0.4) is 0 Å². The number of hydrogen-bond acceptors (Lipinski definition) is 4. The second kappa shape index (κ2) is 4.11. The minimum absolute atomic E-state index is 0.0239. The highest BCUT2D eigenvalue weighted by atomic mass is 16.6. The van der Waals surface area contributed by atoms with E-state index in [1.165, 1.54) is 25.1 Å². The highest BCUT2D eigenvalue weighted by Crippen LogP contribution is 2.20. The molecule has 1 atom stereocenters.